The lowest BCUT2D eigenvalue weighted by atomic mass is 9.84. The number of aryl methyl sites for hydroxylation is 1. The second-order valence-corrected chi connectivity index (χ2v) is 8.42. The molecule has 4 rings (SSSR count). The lowest BCUT2D eigenvalue weighted by Crippen LogP contribution is -2.44. The first-order valence-electron chi connectivity index (χ1n) is 10.5. The van der Waals surface area contributed by atoms with Crippen molar-refractivity contribution in [2.75, 3.05) is 11.9 Å². The fourth-order valence-corrected chi connectivity index (χ4v) is 4.44. The zero-order chi connectivity index (χ0) is 21.3. The number of rotatable bonds is 4. The molecule has 1 fully saturated rings. The van der Waals surface area contributed by atoms with Crippen LogP contribution in [0.1, 0.15) is 55.7 Å². The van der Waals surface area contributed by atoms with Crippen LogP contribution in [0.15, 0.2) is 48.5 Å². The summed E-state index contributed by atoms with van der Waals surface area (Å²) in [6.07, 6.45) is 3.23. The van der Waals surface area contributed by atoms with Crippen molar-refractivity contribution in [3.05, 3.63) is 65.2 Å². The van der Waals surface area contributed by atoms with Crippen molar-refractivity contribution in [3.63, 3.8) is 0 Å². The third-order valence-corrected chi connectivity index (χ3v) is 6.04. The predicted molar refractivity (Wildman–Crippen MR) is 115 cm³/mol. The van der Waals surface area contributed by atoms with E-state index in [1.165, 1.54) is 0 Å². The van der Waals surface area contributed by atoms with Crippen LogP contribution in [0.2, 0.25) is 0 Å². The van der Waals surface area contributed by atoms with Crippen LogP contribution in [-0.2, 0) is 21.5 Å². The molecule has 1 unspecified atom stereocenters. The van der Waals surface area contributed by atoms with Gasteiger partial charge in [0.1, 0.15) is 12.1 Å². The second kappa shape index (κ2) is 7.94. The monoisotopic (exact) mass is 405 g/mol. The van der Waals surface area contributed by atoms with Gasteiger partial charge < -0.3 is 10.6 Å². The standard InChI is InChI=1S/C24H27N3O3/c1-16(2)18-10-7-11-19(14-18)25-21(28)15-27-22(29)24(26-23(27)30)13-6-5-9-17-8-3-4-12-20(17)24/h3-4,7-8,10-12,14,16H,5-6,9,13,15H2,1-2H3,(H,25,28)(H,26,30). The highest BCUT2D eigenvalue weighted by Crippen LogP contribution is 2.38. The number of carbonyl (C=O) groups excluding carboxylic acids is 3. The van der Waals surface area contributed by atoms with E-state index in [1.54, 1.807) is 6.07 Å². The molecule has 1 heterocycles. The minimum Gasteiger partial charge on any atom is -0.325 e. The molecular weight excluding hydrogens is 378 g/mol. The summed E-state index contributed by atoms with van der Waals surface area (Å²) >= 11 is 0. The van der Waals surface area contributed by atoms with Crippen molar-refractivity contribution in [3.8, 4) is 0 Å². The van der Waals surface area contributed by atoms with E-state index < -0.39 is 17.5 Å². The Morgan fingerprint density at radius 3 is 2.73 bits per heavy atom. The zero-order valence-electron chi connectivity index (χ0n) is 17.4. The van der Waals surface area contributed by atoms with Crippen molar-refractivity contribution >= 4 is 23.5 Å². The van der Waals surface area contributed by atoms with E-state index in [-0.39, 0.29) is 12.5 Å². The van der Waals surface area contributed by atoms with Gasteiger partial charge in [0.2, 0.25) is 5.91 Å². The number of anilines is 1. The summed E-state index contributed by atoms with van der Waals surface area (Å²) in [7, 11) is 0. The number of hydrogen-bond donors (Lipinski definition) is 2. The lowest BCUT2D eigenvalue weighted by Gasteiger charge is -2.27. The summed E-state index contributed by atoms with van der Waals surface area (Å²) in [6, 6.07) is 14.9. The maximum Gasteiger partial charge on any atom is 0.325 e. The van der Waals surface area contributed by atoms with Crippen LogP contribution >= 0.6 is 0 Å². The van der Waals surface area contributed by atoms with Gasteiger partial charge >= 0.3 is 6.03 Å². The van der Waals surface area contributed by atoms with Gasteiger partial charge in [0.15, 0.2) is 0 Å². The van der Waals surface area contributed by atoms with E-state index in [1.807, 2.05) is 42.5 Å². The Balaban J connectivity index is 1.54. The van der Waals surface area contributed by atoms with Crippen LogP contribution in [0.5, 0.6) is 0 Å². The summed E-state index contributed by atoms with van der Waals surface area (Å²) in [4.78, 5) is 39.8. The number of carbonyl (C=O) groups is 3. The molecule has 1 saturated heterocycles. The maximum absolute atomic E-state index is 13.4. The number of imide groups is 1. The van der Waals surface area contributed by atoms with Crippen LogP contribution < -0.4 is 10.6 Å². The second-order valence-electron chi connectivity index (χ2n) is 8.42. The van der Waals surface area contributed by atoms with Crippen molar-refractivity contribution < 1.29 is 14.4 Å². The Kier molecular flexibility index (Phi) is 5.33. The fraction of sp³-hybridized carbons (Fsp3) is 0.375. The topological polar surface area (TPSA) is 78.5 Å². The highest BCUT2D eigenvalue weighted by Gasteiger charge is 2.53. The molecule has 1 spiro atoms. The predicted octanol–water partition coefficient (Wildman–Crippen LogP) is 3.92. The first-order chi connectivity index (χ1) is 14.4. The van der Waals surface area contributed by atoms with Crippen LogP contribution in [0.25, 0.3) is 0 Å². The molecule has 1 aliphatic heterocycles. The summed E-state index contributed by atoms with van der Waals surface area (Å²) in [6.45, 7) is 3.86. The molecule has 0 aromatic heterocycles. The smallest absolute Gasteiger partial charge is 0.325 e. The molecule has 30 heavy (non-hydrogen) atoms. The molecule has 156 valence electrons. The van der Waals surface area contributed by atoms with Gasteiger partial charge in [-0.2, -0.15) is 0 Å². The normalized spacial score (nSPS) is 20.8. The number of fused-ring (bicyclic) bond motifs is 2. The van der Waals surface area contributed by atoms with Gasteiger partial charge in [0.05, 0.1) is 0 Å². The minimum atomic E-state index is -1.07. The summed E-state index contributed by atoms with van der Waals surface area (Å²) in [5.41, 5.74) is 2.64. The lowest BCUT2D eigenvalue weighted by molar-refractivity contribution is -0.134. The van der Waals surface area contributed by atoms with Crippen LogP contribution in [-0.4, -0.2) is 29.3 Å². The number of urea groups is 1. The summed E-state index contributed by atoms with van der Waals surface area (Å²) in [5.74, 6) is -0.394. The number of benzene rings is 2. The highest BCUT2D eigenvalue weighted by atomic mass is 16.2. The third kappa shape index (κ3) is 3.58. The molecule has 0 saturated carbocycles. The van der Waals surface area contributed by atoms with Gasteiger partial charge in [0, 0.05) is 5.69 Å². The zero-order valence-corrected chi connectivity index (χ0v) is 17.4. The molecule has 6 heteroatoms. The van der Waals surface area contributed by atoms with Crippen molar-refractivity contribution in [1.29, 1.82) is 0 Å². The minimum absolute atomic E-state index is 0.305. The fourth-order valence-electron chi connectivity index (χ4n) is 4.44. The Morgan fingerprint density at radius 2 is 1.93 bits per heavy atom. The molecule has 6 nitrogen and oxygen atoms in total. The third-order valence-electron chi connectivity index (χ3n) is 6.04. The first kappa shape index (κ1) is 20.1. The Bertz CT molecular complexity index is 1000. The molecular formula is C24H27N3O3. The van der Waals surface area contributed by atoms with E-state index in [4.69, 9.17) is 0 Å². The molecule has 2 aromatic carbocycles. The van der Waals surface area contributed by atoms with Gasteiger partial charge in [0.25, 0.3) is 5.91 Å². The molecule has 1 aliphatic carbocycles. The van der Waals surface area contributed by atoms with Gasteiger partial charge in [-0.05, 0) is 60.4 Å². The molecule has 0 radical (unpaired) electrons. The molecule has 4 amide bonds. The summed E-state index contributed by atoms with van der Waals surface area (Å²) < 4.78 is 0. The Labute approximate surface area is 176 Å². The van der Waals surface area contributed by atoms with E-state index >= 15 is 0 Å². The molecule has 2 aliphatic rings. The van der Waals surface area contributed by atoms with Gasteiger partial charge in [-0.25, -0.2) is 4.79 Å². The van der Waals surface area contributed by atoms with Crippen molar-refractivity contribution in [2.24, 2.45) is 0 Å². The van der Waals surface area contributed by atoms with Crippen molar-refractivity contribution in [1.82, 2.24) is 10.2 Å². The van der Waals surface area contributed by atoms with E-state index in [0.717, 1.165) is 40.9 Å². The van der Waals surface area contributed by atoms with Crippen LogP contribution in [0.3, 0.4) is 0 Å². The highest BCUT2D eigenvalue weighted by molar-refractivity contribution is 6.10. The maximum atomic E-state index is 13.4. The SMILES string of the molecule is CC(C)c1cccc(NC(=O)CN2C(=O)NC3(CCCCc4ccccc43)C2=O)c1. The number of nitrogens with zero attached hydrogens (tertiary/aromatic N) is 1. The van der Waals surface area contributed by atoms with Gasteiger partial charge in [-0.3, -0.25) is 14.5 Å². The number of amides is 4. The largest absolute Gasteiger partial charge is 0.325 e. The molecule has 2 N–H and O–H groups in total. The average Bonchev–Trinajstić information content (AvgIpc) is 2.87. The van der Waals surface area contributed by atoms with Crippen molar-refractivity contribution in [2.45, 2.75) is 51.0 Å². The van der Waals surface area contributed by atoms with Crippen LogP contribution in [0, 0.1) is 0 Å². The molecule has 1 atom stereocenters. The average molecular weight is 405 g/mol. The van der Waals surface area contributed by atoms with Gasteiger partial charge in [-0.1, -0.05) is 50.2 Å². The Hall–Kier alpha value is -3.15. The quantitative estimate of drug-likeness (QED) is 0.757. The van der Waals surface area contributed by atoms with E-state index in [9.17, 15) is 14.4 Å². The molecule has 2 aromatic rings. The number of nitrogens with one attached hydrogen (secondary N) is 2. The first-order valence-corrected chi connectivity index (χ1v) is 10.5. The summed E-state index contributed by atoms with van der Waals surface area (Å²) in [5, 5.41) is 5.73. The Morgan fingerprint density at radius 1 is 1.13 bits per heavy atom. The van der Waals surface area contributed by atoms with Gasteiger partial charge in [-0.15, -0.1) is 0 Å². The van der Waals surface area contributed by atoms with Crippen LogP contribution in [0.4, 0.5) is 10.5 Å². The van der Waals surface area contributed by atoms with E-state index in [2.05, 4.69) is 24.5 Å². The molecule has 0 bridgehead atoms. The van der Waals surface area contributed by atoms with E-state index in [0.29, 0.717) is 18.0 Å². The number of hydrogen-bond acceptors (Lipinski definition) is 3.